The van der Waals surface area contributed by atoms with Crippen LogP contribution in [0.25, 0.3) is 5.65 Å². The number of anilines is 1. The average molecular weight is 286 g/mol. The number of nitrogens with zero attached hydrogens (tertiary/aromatic N) is 4. The maximum Gasteiger partial charge on any atom is 0.343 e. The van der Waals surface area contributed by atoms with Gasteiger partial charge in [-0.2, -0.15) is 5.10 Å². The Morgan fingerprint density at radius 1 is 1.52 bits per heavy atom. The Morgan fingerprint density at radius 3 is 3.10 bits per heavy atom. The molecule has 0 radical (unpaired) electrons. The highest BCUT2D eigenvalue weighted by atomic mass is 16.5. The fraction of sp³-hybridized carbons (Fsp3) is 0.533. The van der Waals surface area contributed by atoms with E-state index < -0.39 is 0 Å². The molecular formula is C15H18N4O2. The highest BCUT2D eigenvalue weighted by Crippen LogP contribution is 2.50. The molecule has 3 heterocycles. The van der Waals surface area contributed by atoms with Gasteiger partial charge in [0.1, 0.15) is 11.4 Å². The zero-order valence-electron chi connectivity index (χ0n) is 12.2. The topological polar surface area (TPSA) is 59.7 Å². The second-order valence-corrected chi connectivity index (χ2v) is 5.89. The first-order chi connectivity index (χ1) is 10.2. The summed E-state index contributed by atoms with van der Waals surface area (Å²) >= 11 is 0. The van der Waals surface area contributed by atoms with Crippen molar-refractivity contribution in [3.05, 3.63) is 24.0 Å². The zero-order valence-corrected chi connectivity index (χ0v) is 12.2. The average Bonchev–Trinajstić information content (AvgIpc) is 3.01. The first kappa shape index (κ1) is 12.6. The van der Waals surface area contributed by atoms with Gasteiger partial charge < -0.3 is 9.64 Å². The standard InChI is InChI=1S/C15H18N4O2/c1-3-21-15(20)12-7-16-19-5-4-13(17-14(12)19)18-8-10-6-11(10)9(18)2/h4-5,7,9-11H,3,6,8H2,1-2H3. The van der Waals surface area contributed by atoms with E-state index >= 15 is 0 Å². The Kier molecular flexibility index (Phi) is 2.67. The van der Waals surface area contributed by atoms with Crippen molar-refractivity contribution < 1.29 is 9.53 Å². The molecule has 1 saturated heterocycles. The van der Waals surface area contributed by atoms with Crippen LogP contribution in [0, 0.1) is 11.8 Å². The third-order valence-corrected chi connectivity index (χ3v) is 4.66. The molecule has 4 rings (SSSR count). The summed E-state index contributed by atoms with van der Waals surface area (Å²) in [7, 11) is 0. The van der Waals surface area contributed by atoms with Gasteiger partial charge in [-0.3, -0.25) is 0 Å². The first-order valence-corrected chi connectivity index (χ1v) is 7.47. The third kappa shape index (κ3) is 1.89. The van der Waals surface area contributed by atoms with Crippen LogP contribution in [-0.4, -0.2) is 39.8 Å². The van der Waals surface area contributed by atoms with E-state index in [1.807, 2.05) is 12.3 Å². The van der Waals surface area contributed by atoms with Gasteiger partial charge >= 0.3 is 5.97 Å². The number of carbonyl (C=O) groups is 1. The van der Waals surface area contributed by atoms with Gasteiger partial charge in [0.2, 0.25) is 0 Å². The minimum atomic E-state index is -0.366. The Hall–Kier alpha value is -2.11. The fourth-order valence-electron chi connectivity index (χ4n) is 3.40. The molecule has 2 aromatic heterocycles. The summed E-state index contributed by atoms with van der Waals surface area (Å²) in [5.74, 6) is 2.20. The van der Waals surface area contributed by atoms with Gasteiger partial charge in [0.15, 0.2) is 5.65 Å². The zero-order chi connectivity index (χ0) is 14.6. The normalized spacial score (nSPS) is 27.0. The number of hydrogen-bond donors (Lipinski definition) is 0. The summed E-state index contributed by atoms with van der Waals surface area (Å²) in [5.41, 5.74) is 0.995. The molecule has 2 aromatic rings. The van der Waals surface area contributed by atoms with Crippen LogP contribution in [0.1, 0.15) is 30.6 Å². The van der Waals surface area contributed by atoms with Crippen molar-refractivity contribution >= 4 is 17.4 Å². The maximum absolute atomic E-state index is 11.9. The summed E-state index contributed by atoms with van der Waals surface area (Å²) in [6, 6.07) is 2.50. The van der Waals surface area contributed by atoms with Crippen molar-refractivity contribution in [1.29, 1.82) is 0 Å². The predicted molar refractivity (Wildman–Crippen MR) is 77.3 cm³/mol. The van der Waals surface area contributed by atoms with Gasteiger partial charge in [-0.1, -0.05) is 0 Å². The van der Waals surface area contributed by atoms with Gasteiger partial charge in [-0.25, -0.2) is 14.3 Å². The highest BCUT2D eigenvalue weighted by molar-refractivity contribution is 5.95. The third-order valence-electron chi connectivity index (χ3n) is 4.66. The molecule has 0 bridgehead atoms. The minimum absolute atomic E-state index is 0.350. The lowest BCUT2D eigenvalue weighted by Crippen LogP contribution is -2.31. The van der Waals surface area contributed by atoms with Crippen LogP contribution in [0.15, 0.2) is 18.5 Å². The molecular weight excluding hydrogens is 268 g/mol. The number of esters is 1. The second-order valence-electron chi connectivity index (χ2n) is 5.89. The molecule has 0 amide bonds. The molecule has 0 spiro atoms. The molecule has 6 heteroatoms. The Balaban J connectivity index is 1.71. The van der Waals surface area contributed by atoms with E-state index in [4.69, 9.17) is 4.74 Å². The molecule has 3 atom stereocenters. The van der Waals surface area contributed by atoms with E-state index in [1.54, 1.807) is 11.4 Å². The van der Waals surface area contributed by atoms with E-state index in [2.05, 4.69) is 21.9 Å². The number of rotatable bonds is 3. The van der Waals surface area contributed by atoms with Gasteiger partial charge in [0.05, 0.1) is 12.8 Å². The van der Waals surface area contributed by atoms with Crippen LogP contribution in [0.5, 0.6) is 0 Å². The van der Waals surface area contributed by atoms with E-state index in [1.165, 1.54) is 12.6 Å². The van der Waals surface area contributed by atoms with Crippen LogP contribution in [0.4, 0.5) is 5.82 Å². The van der Waals surface area contributed by atoms with Gasteiger partial charge in [0, 0.05) is 18.8 Å². The monoisotopic (exact) mass is 286 g/mol. The van der Waals surface area contributed by atoms with Crippen molar-refractivity contribution in [2.45, 2.75) is 26.3 Å². The summed E-state index contributed by atoms with van der Waals surface area (Å²) in [6.45, 7) is 5.47. The Morgan fingerprint density at radius 2 is 2.38 bits per heavy atom. The molecule has 6 nitrogen and oxygen atoms in total. The summed E-state index contributed by atoms with van der Waals surface area (Å²) in [5, 5.41) is 4.17. The van der Waals surface area contributed by atoms with E-state index in [-0.39, 0.29) is 5.97 Å². The quantitative estimate of drug-likeness (QED) is 0.805. The van der Waals surface area contributed by atoms with Crippen LogP contribution in [0.2, 0.25) is 0 Å². The molecule has 3 unspecified atom stereocenters. The van der Waals surface area contributed by atoms with Gasteiger partial charge in [-0.05, 0) is 38.2 Å². The van der Waals surface area contributed by atoms with Crippen molar-refractivity contribution in [2.24, 2.45) is 11.8 Å². The molecule has 0 N–H and O–H groups in total. The number of aromatic nitrogens is 3. The van der Waals surface area contributed by atoms with Crippen molar-refractivity contribution in [3.8, 4) is 0 Å². The highest BCUT2D eigenvalue weighted by Gasteiger charge is 2.50. The van der Waals surface area contributed by atoms with Gasteiger partial charge in [-0.15, -0.1) is 0 Å². The van der Waals surface area contributed by atoms with E-state index in [0.717, 1.165) is 24.2 Å². The molecule has 1 saturated carbocycles. The summed E-state index contributed by atoms with van der Waals surface area (Å²) in [4.78, 5) is 18.9. The lowest BCUT2D eigenvalue weighted by Gasteiger charge is -2.25. The molecule has 1 aliphatic heterocycles. The molecule has 21 heavy (non-hydrogen) atoms. The second kappa shape index (κ2) is 4.44. The number of piperidine rings is 1. The van der Waals surface area contributed by atoms with Crippen LogP contribution in [-0.2, 0) is 4.74 Å². The molecule has 1 aliphatic carbocycles. The van der Waals surface area contributed by atoms with E-state index in [0.29, 0.717) is 23.9 Å². The number of hydrogen-bond acceptors (Lipinski definition) is 5. The van der Waals surface area contributed by atoms with Crippen molar-refractivity contribution in [3.63, 3.8) is 0 Å². The lowest BCUT2D eigenvalue weighted by atomic mass is 10.2. The van der Waals surface area contributed by atoms with Crippen molar-refractivity contribution in [1.82, 2.24) is 14.6 Å². The largest absolute Gasteiger partial charge is 0.462 e. The molecule has 2 aliphatic rings. The van der Waals surface area contributed by atoms with Crippen LogP contribution >= 0.6 is 0 Å². The smallest absolute Gasteiger partial charge is 0.343 e. The number of ether oxygens (including phenoxy) is 1. The van der Waals surface area contributed by atoms with Gasteiger partial charge in [0.25, 0.3) is 0 Å². The number of fused-ring (bicyclic) bond motifs is 2. The number of carbonyl (C=O) groups excluding carboxylic acids is 1. The van der Waals surface area contributed by atoms with Crippen LogP contribution in [0.3, 0.4) is 0 Å². The fourth-order valence-corrected chi connectivity index (χ4v) is 3.40. The maximum atomic E-state index is 11.9. The van der Waals surface area contributed by atoms with Crippen molar-refractivity contribution in [2.75, 3.05) is 18.1 Å². The first-order valence-electron chi connectivity index (χ1n) is 7.47. The SMILES string of the molecule is CCOC(=O)c1cnn2ccc(N3CC4CC4C3C)nc12. The lowest BCUT2D eigenvalue weighted by molar-refractivity contribution is 0.0528. The Bertz CT molecular complexity index is 711. The minimum Gasteiger partial charge on any atom is -0.462 e. The van der Waals surface area contributed by atoms with Crippen LogP contribution < -0.4 is 4.90 Å². The Labute approximate surface area is 122 Å². The molecule has 2 fully saturated rings. The molecule has 0 aromatic carbocycles. The van der Waals surface area contributed by atoms with E-state index in [9.17, 15) is 4.79 Å². The summed E-state index contributed by atoms with van der Waals surface area (Å²) in [6.07, 6.45) is 4.73. The predicted octanol–water partition coefficient (Wildman–Crippen LogP) is 1.75. The summed E-state index contributed by atoms with van der Waals surface area (Å²) < 4.78 is 6.68. The molecule has 110 valence electrons.